The number of hydrogen-bond acceptors (Lipinski definition) is 3. The Balaban J connectivity index is 2.37. The van der Waals surface area contributed by atoms with Crippen LogP contribution in [-0.2, 0) is 11.3 Å². The number of nitrogens with zero attached hydrogens (tertiary/aromatic N) is 2. The van der Waals surface area contributed by atoms with Crippen LogP contribution < -0.4 is 5.73 Å². The number of aromatic nitrogens is 2. The van der Waals surface area contributed by atoms with Gasteiger partial charge in [-0.25, -0.2) is 4.39 Å². The molecular weight excluding hydrogens is 396 g/mol. The molecule has 0 amide bonds. The third kappa shape index (κ3) is 3.30. The van der Waals surface area contributed by atoms with Crippen molar-refractivity contribution in [3.8, 4) is 0 Å². The Kier molecular flexibility index (Phi) is 5.36. The van der Waals surface area contributed by atoms with Crippen molar-refractivity contribution in [3.63, 3.8) is 0 Å². The highest BCUT2D eigenvalue weighted by molar-refractivity contribution is 14.1. The van der Waals surface area contributed by atoms with Crippen molar-refractivity contribution < 1.29 is 9.13 Å². The van der Waals surface area contributed by atoms with E-state index in [0.717, 1.165) is 9.13 Å². The number of ether oxygens (including phenoxy) is 1. The average Bonchev–Trinajstić information content (AvgIpc) is 2.77. The second kappa shape index (κ2) is 6.84. The minimum Gasteiger partial charge on any atom is -0.383 e. The lowest BCUT2D eigenvalue weighted by molar-refractivity contribution is 0.182. The molecule has 2 aromatic rings. The molecule has 2 N–H and O–H groups in total. The predicted octanol–water partition coefficient (Wildman–Crippen LogP) is 2.97. The van der Waals surface area contributed by atoms with Crippen LogP contribution in [0.1, 0.15) is 17.3 Å². The molecule has 20 heavy (non-hydrogen) atoms. The highest BCUT2D eigenvalue weighted by Crippen LogP contribution is 2.29. The molecule has 0 bridgehead atoms. The summed E-state index contributed by atoms with van der Waals surface area (Å²) in [4.78, 5) is 0. The topological polar surface area (TPSA) is 53.1 Å². The molecule has 1 unspecified atom stereocenters. The van der Waals surface area contributed by atoms with E-state index in [0.29, 0.717) is 23.9 Å². The molecule has 1 aromatic carbocycles. The van der Waals surface area contributed by atoms with E-state index in [-0.39, 0.29) is 5.82 Å². The molecule has 108 valence electrons. The first-order valence-corrected chi connectivity index (χ1v) is 7.41. The van der Waals surface area contributed by atoms with Crippen molar-refractivity contribution >= 4 is 34.2 Å². The fourth-order valence-electron chi connectivity index (χ4n) is 1.94. The van der Waals surface area contributed by atoms with Crippen LogP contribution in [0.5, 0.6) is 0 Å². The number of rotatable bonds is 5. The number of nitrogens with two attached hydrogens (primary N) is 1. The summed E-state index contributed by atoms with van der Waals surface area (Å²) in [5.74, 6) is -0.288. The zero-order valence-electron chi connectivity index (χ0n) is 10.8. The van der Waals surface area contributed by atoms with Crippen molar-refractivity contribution in [3.05, 3.63) is 50.1 Å². The van der Waals surface area contributed by atoms with Gasteiger partial charge in [-0.1, -0.05) is 17.7 Å². The van der Waals surface area contributed by atoms with Crippen LogP contribution in [0.25, 0.3) is 0 Å². The molecule has 0 fully saturated rings. The molecule has 1 atom stereocenters. The molecule has 0 aliphatic carbocycles. The number of hydrogen-bond donors (Lipinski definition) is 1. The summed E-state index contributed by atoms with van der Waals surface area (Å²) in [6.45, 7) is 1.07. The van der Waals surface area contributed by atoms with Crippen LogP contribution in [0.2, 0.25) is 5.02 Å². The summed E-state index contributed by atoms with van der Waals surface area (Å²) >= 11 is 8.23. The fourth-order valence-corrected chi connectivity index (χ4v) is 3.01. The highest BCUT2D eigenvalue weighted by Gasteiger charge is 2.20. The van der Waals surface area contributed by atoms with E-state index in [9.17, 15) is 4.39 Å². The van der Waals surface area contributed by atoms with Gasteiger partial charge in [0.25, 0.3) is 0 Å². The zero-order valence-corrected chi connectivity index (χ0v) is 13.7. The number of methoxy groups -OCH3 is 1. The molecule has 4 nitrogen and oxygen atoms in total. The van der Waals surface area contributed by atoms with E-state index in [1.165, 1.54) is 12.1 Å². The monoisotopic (exact) mass is 409 g/mol. The maximum atomic E-state index is 13.2. The fraction of sp³-hybridized carbons (Fsp3) is 0.308. The van der Waals surface area contributed by atoms with Crippen molar-refractivity contribution in [2.75, 3.05) is 13.7 Å². The summed E-state index contributed by atoms with van der Waals surface area (Å²) in [6.07, 6.45) is 1.56. The van der Waals surface area contributed by atoms with E-state index in [4.69, 9.17) is 22.1 Å². The number of halogens is 3. The Morgan fingerprint density at radius 3 is 2.95 bits per heavy atom. The molecule has 0 saturated heterocycles. The Bertz CT molecular complexity index is 605. The van der Waals surface area contributed by atoms with Gasteiger partial charge in [-0.2, -0.15) is 5.10 Å². The quantitative estimate of drug-likeness (QED) is 0.773. The lowest BCUT2D eigenvalue weighted by Gasteiger charge is -2.17. The van der Waals surface area contributed by atoms with Gasteiger partial charge in [-0.15, -0.1) is 0 Å². The van der Waals surface area contributed by atoms with E-state index in [2.05, 4.69) is 27.7 Å². The van der Waals surface area contributed by atoms with Gasteiger partial charge in [0.15, 0.2) is 0 Å². The van der Waals surface area contributed by atoms with Crippen molar-refractivity contribution in [2.24, 2.45) is 5.73 Å². The zero-order chi connectivity index (χ0) is 14.7. The molecule has 0 saturated carbocycles. The highest BCUT2D eigenvalue weighted by atomic mass is 127. The molecule has 0 radical (unpaired) electrons. The molecule has 0 aliphatic heterocycles. The van der Waals surface area contributed by atoms with Crippen molar-refractivity contribution in [1.29, 1.82) is 0 Å². The van der Waals surface area contributed by atoms with Crippen LogP contribution in [-0.4, -0.2) is 23.5 Å². The second-order valence-electron chi connectivity index (χ2n) is 4.24. The first-order chi connectivity index (χ1) is 9.54. The van der Waals surface area contributed by atoms with Gasteiger partial charge in [0.1, 0.15) is 5.82 Å². The summed E-state index contributed by atoms with van der Waals surface area (Å²) in [7, 11) is 1.62. The van der Waals surface area contributed by atoms with Gasteiger partial charge in [-0.05, 0) is 40.3 Å². The normalized spacial score (nSPS) is 12.7. The molecular formula is C13H14ClFIN3O. The van der Waals surface area contributed by atoms with Crippen LogP contribution >= 0.6 is 34.2 Å². The maximum Gasteiger partial charge on any atom is 0.124 e. The summed E-state index contributed by atoms with van der Waals surface area (Å²) < 4.78 is 20.7. The van der Waals surface area contributed by atoms with Crippen molar-refractivity contribution in [2.45, 2.75) is 12.6 Å². The van der Waals surface area contributed by atoms with E-state index in [1.54, 1.807) is 24.1 Å². The molecule has 2 rings (SSSR count). The Morgan fingerprint density at radius 1 is 1.55 bits per heavy atom. The molecule has 0 spiro atoms. The first kappa shape index (κ1) is 15.7. The smallest absolute Gasteiger partial charge is 0.124 e. The first-order valence-electron chi connectivity index (χ1n) is 5.95. The van der Waals surface area contributed by atoms with E-state index >= 15 is 0 Å². The lowest BCUT2D eigenvalue weighted by atomic mass is 10.0. The standard InChI is InChI=1S/C13H14ClFIN3O/c1-20-5-4-19-13(10(14)7-18-19)12(17)9-3-2-8(15)6-11(9)16/h2-3,6-7,12H,4-5,17H2,1H3. The van der Waals surface area contributed by atoms with Gasteiger partial charge in [-0.3, -0.25) is 4.68 Å². The van der Waals surface area contributed by atoms with Gasteiger partial charge in [0, 0.05) is 10.7 Å². The lowest BCUT2D eigenvalue weighted by Crippen LogP contribution is -2.20. The van der Waals surface area contributed by atoms with Gasteiger partial charge in [0.05, 0.1) is 36.1 Å². The Labute approximate surface area is 135 Å². The second-order valence-corrected chi connectivity index (χ2v) is 5.81. The van der Waals surface area contributed by atoms with E-state index in [1.807, 2.05) is 0 Å². The molecule has 0 aliphatic rings. The average molecular weight is 410 g/mol. The third-order valence-electron chi connectivity index (χ3n) is 2.93. The van der Waals surface area contributed by atoms with Crippen LogP contribution in [0.15, 0.2) is 24.4 Å². The summed E-state index contributed by atoms with van der Waals surface area (Å²) in [6, 6.07) is 4.04. The minimum atomic E-state index is -0.464. The Morgan fingerprint density at radius 2 is 2.30 bits per heavy atom. The van der Waals surface area contributed by atoms with Gasteiger partial charge >= 0.3 is 0 Å². The van der Waals surface area contributed by atoms with Gasteiger partial charge < -0.3 is 10.5 Å². The summed E-state index contributed by atoms with van der Waals surface area (Å²) in [5, 5.41) is 4.69. The minimum absolute atomic E-state index is 0.288. The molecule has 1 aromatic heterocycles. The SMILES string of the molecule is COCCn1ncc(Cl)c1C(N)c1ccc(F)cc1I. The predicted molar refractivity (Wildman–Crippen MR) is 84.3 cm³/mol. The van der Waals surface area contributed by atoms with Crippen molar-refractivity contribution in [1.82, 2.24) is 9.78 Å². The number of benzene rings is 1. The van der Waals surface area contributed by atoms with Crippen LogP contribution in [0.4, 0.5) is 4.39 Å². The third-order valence-corrected chi connectivity index (χ3v) is 4.16. The Hall–Kier alpha value is -0.700. The van der Waals surface area contributed by atoms with E-state index < -0.39 is 6.04 Å². The summed E-state index contributed by atoms with van der Waals surface area (Å²) in [5.41, 5.74) is 7.79. The molecule has 1 heterocycles. The van der Waals surface area contributed by atoms with Crippen LogP contribution in [0.3, 0.4) is 0 Å². The largest absolute Gasteiger partial charge is 0.383 e. The van der Waals surface area contributed by atoms with Crippen LogP contribution in [0, 0.1) is 9.39 Å². The molecule has 7 heteroatoms. The maximum absolute atomic E-state index is 13.2. The van der Waals surface area contributed by atoms with Gasteiger partial charge in [0.2, 0.25) is 0 Å².